The topological polar surface area (TPSA) is 208 Å². The number of carboxylic acid groups (broad SMARTS) is 1. The number of aromatic nitrogens is 2. The Kier molecular flexibility index (Phi) is 28.1. The lowest BCUT2D eigenvalue weighted by Crippen LogP contribution is -2.15. The van der Waals surface area contributed by atoms with E-state index in [4.69, 9.17) is 28.8 Å². The molecule has 2 N–H and O–H groups in total. The number of amides is 1. The number of para-hydroxylation sites is 6. The highest BCUT2D eigenvalue weighted by molar-refractivity contribution is 5.99. The standard InChI is InChI=1S/C19H19N3O2.C12H16O3.C12H14O3.C11H14O3.C9H10O2/c1-13(14-6-3-4-9-17(14)24-2)12-18(23)22-16-8-5-7-15-19(16)21-11-10-20-15;2*1-9(8-12(13)15-3)10-6-4-5-7-11(10)14-2;1-8(7-11(12)13)9-5-3-4-6-10(9)14-2;1-7(10)8-5-3-4-6-9(8)11-2/h3-11,13H,12H2,1-2H3,(H,22,23);4-7,9H,8H2,1-3H3;4-8H,1-3H3;3-6,8H,7H2,1-2H3,(H,12,13);3-6H,1-2H3/b;;9-8+;;. The van der Waals surface area contributed by atoms with Crippen molar-refractivity contribution in [1.29, 1.82) is 0 Å². The molecule has 0 fully saturated rings. The number of hydrogen-bond donors (Lipinski definition) is 2. The second-order valence-corrected chi connectivity index (χ2v) is 17.6. The highest BCUT2D eigenvalue weighted by Crippen LogP contribution is 2.31. The van der Waals surface area contributed by atoms with Crippen molar-refractivity contribution in [2.45, 2.75) is 71.6 Å². The molecule has 1 aromatic heterocycles. The molecule has 0 radical (unpaired) electrons. The number of ether oxygens (including phenoxy) is 7. The molecule has 6 aromatic carbocycles. The third-order valence-electron chi connectivity index (χ3n) is 12.0. The van der Waals surface area contributed by atoms with Gasteiger partial charge in [-0.3, -0.25) is 29.1 Å². The maximum Gasteiger partial charge on any atom is 0.330 e. The molecule has 0 aliphatic rings. The molecule has 3 unspecified atom stereocenters. The molecule has 0 spiro atoms. The van der Waals surface area contributed by atoms with Crippen molar-refractivity contribution in [2.24, 2.45) is 0 Å². The number of carbonyl (C=O) groups excluding carboxylic acids is 4. The van der Waals surface area contributed by atoms with E-state index in [-0.39, 0.29) is 47.8 Å². The van der Waals surface area contributed by atoms with Crippen LogP contribution >= 0.6 is 0 Å². The predicted molar refractivity (Wildman–Crippen MR) is 308 cm³/mol. The van der Waals surface area contributed by atoms with Gasteiger partial charge in [0.15, 0.2) is 5.78 Å². The molecular formula is C63H73N3O13. The van der Waals surface area contributed by atoms with Gasteiger partial charge in [-0.25, -0.2) is 4.79 Å². The summed E-state index contributed by atoms with van der Waals surface area (Å²) in [6, 6.07) is 43.2. The van der Waals surface area contributed by atoms with Crippen molar-refractivity contribution in [3.63, 3.8) is 0 Å². The number of fused-ring (bicyclic) bond motifs is 1. The first-order valence-corrected chi connectivity index (χ1v) is 25.2. The Morgan fingerprint density at radius 3 is 1.35 bits per heavy atom. The lowest BCUT2D eigenvalue weighted by atomic mass is 9.96. The molecule has 0 aliphatic carbocycles. The Hall–Kier alpha value is -9.05. The maximum absolute atomic E-state index is 12.4. The first kappa shape index (κ1) is 64.2. The molecular weight excluding hydrogens is 1010 g/mol. The van der Waals surface area contributed by atoms with Crippen LogP contribution in [0.5, 0.6) is 28.7 Å². The van der Waals surface area contributed by atoms with E-state index in [9.17, 15) is 24.0 Å². The fraction of sp³-hybridized carbons (Fsp3) is 0.286. The van der Waals surface area contributed by atoms with Crippen molar-refractivity contribution in [1.82, 2.24) is 9.97 Å². The van der Waals surface area contributed by atoms with E-state index >= 15 is 0 Å². The Balaban J connectivity index is 0.000000267. The first-order chi connectivity index (χ1) is 38.0. The number of carboxylic acids is 1. The van der Waals surface area contributed by atoms with E-state index < -0.39 is 5.97 Å². The number of Topliss-reactive ketones (excluding diaryl/α,β-unsaturated/α-hetero) is 1. The van der Waals surface area contributed by atoms with Gasteiger partial charge in [-0.05, 0) is 102 Å². The lowest BCUT2D eigenvalue weighted by molar-refractivity contribution is -0.141. The molecule has 0 saturated carbocycles. The van der Waals surface area contributed by atoms with Crippen LogP contribution in [0.1, 0.15) is 104 Å². The average Bonchev–Trinajstić information content (AvgIpc) is 3.49. The van der Waals surface area contributed by atoms with Gasteiger partial charge in [0.1, 0.15) is 34.3 Å². The number of nitrogens with zero attached hydrogens (tertiary/aromatic N) is 2. The van der Waals surface area contributed by atoms with Crippen molar-refractivity contribution in [3.8, 4) is 28.7 Å². The van der Waals surface area contributed by atoms with Crippen molar-refractivity contribution < 1.29 is 62.2 Å². The van der Waals surface area contributed by atoms with Gasteiger partial charge < -0.3 is 43.6 Å². The molecule has 16 heteroatoms. The molecule has 7 rings (SSSR count). The number of benzene rings is 6. The molecule has 0 bridgehead atoms. The Labute approximate surface area is 463 Å². The number of anilines is 1. The summed E-state index contributed by atoms with van der Waals surface area (Å²) in [4.78, 5) is 64.7. The zero-order chi connectivity index (χ0) is 58.3. The average molecular weight is 1080 g/mol. The fourth-order valence-corrected chi connectivity index (χ4v) is 7.94. The third kappa shape index (κ3) is 21.1. The summed E-state index contributed by atoms with van der Waals surface area (Å²) in [5.41, 5.74) is 7.47. The summed E-state index contributed by atoms with van der Waals surface area (Å²) < 4.78 is 35.1. The van der Waals surface area contributed by atoms with Gasteiger partial charge in [0, 0.05) is 30.5 Å². The van der Waals surface area contributed by atoms with E-state index in [0.717, 1.165) is 56.3 Å². The minimum absolute atomic E-state index is 0.0244. The van der Waals surface area contributed by atoms with E-state index in [0.29, 0.717) is 35.4 Å². The normalized spacial score (nSPS) is 11.4. The zero-order valence-electron chi connectivity index (χ0n) is 47.1. The van der Waals surface area contributed by atoms with Crippen LogP contribution in [0.2, 0.25) is 0 Å². The summed E-state index contributed by atoms with van der Waals surface area (Å²) in [5.74, 6) is 2.49. The molecule has 1 amide bonds. The Morgan fingerprint density at radius 1 is 0.494 bits per heavy atom. The number of nitrogens with one attached hydrogen (secondary N) is 1. The van der Waals surface area contributed by atoms with E-state index in [1.807, 2.05) is 155 Å². The van der Waals surface area contributed by atoms with Crippen LogP contribution in [-0.4, -0.2) is 94.4 Å². The van der Waals surface area contributed by atoms with E-state index in [1.165, 1.54) is 27.2 Å². The number of methoxy groups -OCH3 is 7. The second kappa shape index (κ2) is 34.6. The third-order valence-corrected chi connectivity index (χ3v) is 12.0. The minimum atomic E-state index is -0.789. The highest BCUT2D eigenvalue weighted by atomic mass is 16.5. The predicted octanol–water partition coefficient (Wildman–Crippen LogP) is 12.6. The lowest BCUT2D eigenvalue weighted by Gasteiger charge is -2.15. The van der Waals surface area contributed by atoms with Gasteiger partial charge in [-0.2, -0.15) is 0 Å². The van der Waals surface area contributed by atoms with E-state index in [1.54, 1.807) is 60.1 Å². The number of rotatable bonds is 18. The minimum Gasteiger partial charge on any atom is -0.496 e. The molecule has 3 atom stereocenters. The number of allylic oxidation sites excluding steroid dienone is 1. The SMILES string of the molecule is COC(=O)/C=C(\C)c1ccccc1OC.COC(=O)CC(C)c1ccccc1OC.COc1ccccc1C(C)=O.COc1ccccc1C(C)CC(=O)Nc1cccc2nccnc12.COc1ccccc1C(C)CC(=O)O. The van der Waals surface area contributed by atoms with Gasteiger partial charge in [0.05, 0.1) is 79.4 Å². The zero-order valence-corrected chi connectivity index (χ0v) is 47.1. The molecule has 1 heterocycles. The number of ketones is 1. The summed E-state index contributed by atoms with van der Waals surface area (Å²) in [6.07, 6.45) is 5.55. The molecule has 0 aliphatic heterocycles. The van der Waals surface area contributed by atoms with Crippen LogP contribution in [0.4, 0.5) is 5.69 Å². The summed E-state index contributed by atoms with van der Waals surface area (Å²) in [5, 5.41) is 11.6. The van der Waals surface area contributed by atoms with Crippen LogP contribution in [0.25, 0.3) is 16.6 Å². The van der Waals surface area contributed by atoms with Crippen LogP contribution in [-0.2, 0) is 28.7 Å². The smallest absolute Gasteiger partial charge is 0.330 e. The van der Waals surface area contributed by atoms with Crippen molar-refractivity contribution in [2.75, 3.05) is 55.1 Å². The second-order valence-electron chi connectivity index (χ2n) is 17.6. The van der Waals surface area contributed by atoms with Gasteiger partial charge in [0.25, 0.3) is 0 Å². The first-order valence-electron chi connectivity index (χ1n) is 25.2. The van der Waals surface area contributed by atoms with Crippen molar-refractivity contribution >= 4 is 51.9 Å². The van der Waals surface area contributed by atoms with Gasteiger partial charge >= 0.3 is 17.9 Å². The molecule has 0 saturated heterocycles. The summed E-state index contributed by atoms with van der Waals surface area (Å²) >= 11 is 0. The van der Waals surface area contributed by atoms with Gasteiger partial charge in [-0.1, -0.05) is 112 Å². The van der Waals surface area contributed by atoms with Crippen LogP contribution in [0, 0.1) is 0 Å². The number of hydrogen-bond acceptors (Lipinski definition) is 14. The summed E-state index contributed by atoms with van der Waals surface area (Å²) in [7, 11) is 10.8. The van der Waals surface area contributed by atoms with Crippen LogP contribution in [0.3, 0.4) is 0 Å². The van der Waals surface area contributed by atoms with Crippen LogP contribution < -0.4 is 29.0 Å². The monoisotopic (exact) mass is 1080 g/mol. The number of esters is 2. The number of aliphatic carboxylic acids is 1. The number of carbonyl (C=O) groups is 5. The maximum atomic E-state index is 12.4. The Bertz CT molecular complexity index is 3080. The molecule has 16 nitrogen and oxygen atoms in total. The largest absolute Gasteiger partial charge is 0.496 e. The quantitative estimate of drug-likeness (QED) is 0.0465. The highest BCUT2D eigenvalue weighted by Gasteiger charge is 2.18. The van der Waals surface area contributed by atoms with Gasteiger partial charge in [0.2, 0.25) is 5.91 Å². The van der Waals surface area contributed by atoms with Gasteiger partial charge in [-0.15, -0.1) is 0 Å². The Morgan fingerprint density at radius 2 is 0.911 bits per heavy atom. The molecule has 79 heavy (non-hydrogen) atoms. The van der Waals surface area contributed by atoms with E-state index in [2.05, 4.69) is 24.8 Å². The fourth-order valence-electron chi connectivity index (χ4n) is 7.94. The molecule has 418 valence electrons. The summed E-state index contributed by atoms with van der Waals surface area (Å²) in [6.45, 7) is 9.24. The van der Waals surface area contributed by atoms with Crippen LogP contribution in [0.15, 0.2) is 158 Å². The molecule has 7 aromatic rings. The van der Waals surface area contributed by atoms with Crippen molar-refractivity contribution in [3.05, 3.63) is 186 Å².